The summed E-state index contributed by atoms with van der Waals surface area (Å²) in [4.78, 5) is 9.25. The third-order valence-corrected chi connectivity index (χ3v) is 4.51. The van der Waals surface area contributed by atoms with Crippen LogP contribution in [0.25, 0.3) is 6.08 Å². The predicted molar refractivity (Wildman–Crippen MR) is 116 cm³/mol. The molecule has 144 valence electrons. The average Bonchev–Trinajstić information content (AvgIpc) is 2.70. The normalized spacial score (nSPS) is 13.3. The number of pyridine rings is 1. The quantitative estimate of drug-likeness (QED) is 0.789. The van der Waals surface area contributed by atoms with Crippen LogP contribution in [0.1, 0.15) is 16.7 Å². The first-order chi connectivity index (χ1) is 13.1. The average molecular weight is 367 g/mol. The molecule has 0 atom stereocenters. The van der Waals surface area contributed by atoms with Crippen LogP contribution in [0.2, 0.25) is 0 Å². The van der Waals surface area contributed by atoms with E-state index in [9.17, 15) is 0 Å². The Hall–Kier alpha value is -2.79. The fourth-order valence-electron chi connectivity index (χ4n) is 3.18. The third-order valence-electron chi connectivity index (χ3n) is 4.51. The standard InChI is InChI=1S/C20H26N4.C2H4O/c1-4-18-19(24-13-11-21-12-14-24)9-10-22-20(18)23(3)15-17-7-5-16(2)6-8-17;1-2-3/h4-10,21H,1,11-15H2,2-3H3;2-3H,1H2. The van der Waals surface area contributed by atoms with Crippen molar-refractivity contribution in [2.75, 3.05) is 43.0 Å². The van der Waals surface area contributed by atoms with Crippen LogP contribution in [0.5, 0.6) is 0 Å². The van der Waals surface area contributed by atoms with E-state index >= 15 is 0 Å². The van der Waals surface area contributed by atoms with Crippen LogP contribution in [0, 0.1) is 6.92 Å². The molecule has 3 rings (SSSR count). The molecular weight excluding hydrogens is 336 g/mol. The van der Waals surface area contributed by atoms with Gasteiger partial charge in [0, 0.05) is 57.2 Å². The van der Waals surface area contributed by atoms with E-state index in [-0.39, 0.29) is 0 Å². The number of anilines is 2. The molecule has 0 spiro atoms. The van der Waals surface area contributed by atoms with Crippen molar-refractivity contribution in [1.82, 2.24) is 10.3 Å². The van der Waals surface area contributed by atoms with E-state index in [4.69, 9.17) is 5.11 Å². The molecule has 5 heteroatoms. The summed E-state index contributed by atoms with van der Waals surface area (Å²) in [5.41, 5.74) is 4.92. The van der Waals surface area contributed by atoms with Crippen molar-refractivity contribution in [3.8, 4) is 0 Å². The molecule has 5 nitrogen and oxygen atoms in total. The summed E-state index contributed by atoms with van der Waals surface area (Å²) >= 11 is 0. The summed E-state index contributed by atoms with van der Waals surface area (Å²) in [7, 11) is 2.09. The van der Waals surface area contributed by atoms with E-state index < -0.39 is 0 Å². The Kier molecular flexibility index (Phi) is 7.89. The summed E-state index contributed by atoms with van der Waals surface area (Å²) in [5.74, 6) is 0.988. The number of piperazine rings is 1. The Morgan fingerprint density at radius 2 is 1.81 bits per heavy atom. The first kappa shape index (κ1) is 20.5. The highest BCUT2D eigenvalue weighted by Gasteiger charge is 2.17. The van der Waals surface area contributed by atoms with E-state index in [1.807, 2.05) is 12.3 Å². The smallest absolute Gasteiger partial charge is 0.137 e. The summed E-state index contributed by atoms with van der Waals surface area (Å²) < 4.78 is 0. The van der Waals surface area contributed by atoms with Crippen molar-refractivity contribution in [2.45, 2.75) is 13.5 Å². The number of aryl methyl sites for hydroxylation is 1. The van der Waals surface area contributed by atoms with Gasteiger partial charge in [-0.2, -0.15) is 0 Å². The molecule has 27 heavy (non-hydrogen) atoms. The molecule has 1 aliphatic heterocycles. The highest BCUT2D eigenvalue weighted by Crippen LogP contribution is 2.29. The van der Waals surface area contributed by atoms with E-state index in [0.29, 0.717) is 0 Å². The molecule has 0 bridgehead atoms. The minimum Gasteiger partial charge on any atom is -0.516 e. The number of hydrogen-bond donors (Lipinski definition) is 2. The second kappa shape index (κ2) is 10.4. The minimum atomic E-state index is 0.750. The summed E-state index contributed by atoms with van der Waals surface area (Å²) in [6.07, 6.45) is 4.59. The van der Waals surface area contributed by atoms with Crippen molar-refractivity contribution in [2.24, 2.45) is 0 Å². The zero-order valence-electron chi connectivity index (χ0n) is 16.4. The summed E-state index contributed by atoms with van der Waals surface area (Å²) in [6, 6.07) is 10.8. The molecule has 1 aromatic heterocycles. The molecule has 0 unspecified atom stereocenters. The number of hydrogen-bond acceptors (Lipinski definition) is 5. The second-order valence-corrected chi connectivity index (χ2v) is 6.53. The Balaban J connectivity index is 0.000000817. The maximum absolute atomic E-state index is 7.33. The molecule has 1 aromatic carbocycles. The van der Waals surface area contributed by atoms with E-state index in [1.54, 1.807) is 0 Å². The topological polar surface area (TPSA) is 51.6 Å². The summed E-state index contributed by atoms with van der Waals surface area (Å²) in [6.45, 7) is 14.0. The number of nitrogens with one attached hydrogen (secondary N) is 1. The summed E-state index contributed by atoms with van der Waals surface area (Å²) in [5, 5.41) is 10.7. The van der Waals surface area contributed by atoms with Gasteiger partial charge >= 0.3 is 0 Å². The Morgan fingerprint density at radius 3 is 2.41 bits per heavy atom. The van der Waals surface area contributed by atoms with Gasteiger partial charge in [0.1, 0.15) is 5.82 Å². The van der Waals surface area contributed by atoms with Crippen molar-refractivity contribution in [3.63, 3.8) is 0 Å². The first-order valence-corrected chi connectivity index (χ1v) is 9.19. The predicted octanol–water partition coefficient (Wildman–Crippen LogP) is 3.77. The van der Waals surface area contributed by atoms with Crippen LogP contribution < -0.4 is 15.1 Å². The van der Waals surface area contributed by atoms with Gasteiger partial charge in [-0.25, -0.2) is 4.98 Å². The van der Waals surface area contributed by atoms with Crippen LogP contribution in [-0.4, -0.2) is 43.3 Å². The lowest BCUT2D eigenvalue weighted by Gasteiger charge is -2.32. The molecule has 0 radical (unpaired) electrons. The van der Waals surface area contributed by atoms with Gasteiger partial charge in [-0.1, -0.05) is 49.1 Å². The van der Waals surface area contributed by atoms with Crippen molar-refractivity contribution < 1.29 is 5.11 Å². The highest BCUT2D eigenvalue weighted by molar-refractivity contribution is 5.76. The Bertz CT molecular complexity index is 736. The molecule has 2 N–H and O–H groups in total. The fraction of sp³-hybridized carbons (Fsp3) is 0.318. The lowest BCUT2D eigenvalue weighted by molar-refractivity contribution is 0.476. The first-order valence-electron chi connectivity index (χ1n) is 9.19. The van der Waals surface area contributed by atoms with E-state index in [1.165, 1.54) is 16.8 Å². The van der Waals surface area contributed by atoms with Gasteiger partial charge in [0.05, 0.1) is 6.26 Å². The SMILES string of the molecule is C=CO.C=Cc1c(N2CCNCC2)ccnc1N(C)Cc1ccc(C)cc1. The lowest BCUT2D eigenvalue weighted by atomic mass is 10.1. The van der Waals surface area contributed by atoms with Gasteiger partial charge in [-0.15, -0.1) is 0 Å². The zero-order valence-corrected chi connectivity index (χ0v) is 16.4. The minimum absolute atomic E-state index is 0.750. The number of rotatable bonds is 5. The van der Waals surface area contributed by atoms with Crippen LogP contribution in [0.4, 0.5) is 11.5 Å². The van der Waals surface area contributed by atoms with Gasteiger partial charge in [0.2, 0.25) is 0 Å². The van der Waals surface area contributed by atoms with Crippen LogP contribution in [-0.2, 0) is 6.54 Å². The van der Waals surface area contributed by atoms with Gasteiger partial charge in [-0.05, 0) is 18.6 Å². The molecule has 1 saturated heterocycles. The van der Waals surface area contributed by atoms with Crippen LogP contribution in [0.15, 0.2) is 55.9 Å². The molecular formula is C22H30N4O. The third kappa shape index (κ3) is 5.59. The van der Waals surface area contributed by atoms with E-state index in [2.05, 4.69) is 77.6 Å². The van der Waals surface area contributed by atoms with Gasteiger partial charge in [0.25, 0.3) is 0 Å². The second-order valence-electron chi connectivity index (χ2n) is 6.53. The van der Waals surface area contributed by atoms with Crippen molar-refractivity contribution in [1.29, 1.82) is 0 Å². The molecule has 2 heterocycles. The van der Waals surface area contributed by atoms with Gasteiger partial charge in [0.15, 0.2) is 0 Å². The van der Waals surface area contributed by atoms with Crippen LogP contribution >= 0.6 is 0 Å². The molecule has 1 fully saturated rings. The number of nitrogens with zero attached hydrogens (tertiary/aromatic N) is 3. The largest absolute Gasteiger partial charge is 0.516 e. The lowest BCUT2D eigenvalue weighted by Crippen LogP contribution is -2.43. The maximum Gasteiger partial charge on any atom is 0.137 e. The van der Waals surface area contributed by atoms with Crippen molar-refractivity contribution in [3.05, 3.63) is 72.6 Å². The Morgan fingerprint density at radius 1 is 1.19 bits per heavy atom. The monoisotopic (exact) mass is 366 g/mol. The number of aliphatic hydroxyl groups excluding tert-OH is 1. The number of benzene rings is 1. The molecule has 0 amide bonds. The molecule has 0 saturated carbocycles. The molecule has 1 aliphatic rings. The van der Waals surface area contributed by atoms with Gasteiger partial charge in [-0.3, -0.25) is 0 Å². The maximum atomic E-state index is 7.33. The zero-order chi connectivity index (χ0) is 19.6. The number of aromatic nitrogens is 1. The molecule has 0 aliphatic carbocycles. The Labute approximate surface area is 162 Å². The van der Waals surface area contributed by atoms with Crippen LogP contribution in [0.3, 0.4) is 0 Å². The number of aliphatic hydroxyl groups is 1. The van der Waals surface area contributed by atoms with Gasteiger partial charge < -0.3 is 20.2 Å². The van der Waals surface area contributed by atoms with Crippen molar-refractivity contribution >= 4 is 17.6 Å². The van der Waals surface area contributed by atoms with E-state index in [0.717, 1.165) is 50.4 Å². The fourth-order valence-corrected chi connectivity index (χ4v) is 3.18. The molecule has 2 aromatic rings. The highest BCUT2D eigenvalue weighted by atomic mass is 16.2.